The normalized spacial score (nSPS) is 17.5. The van der Waals surface area contributed by atoms with Gasteiger partial charge in [0.25, 0.3) is 0 Å². The van der Waals surface area contributed by atoms with Gasteiger partial charge in [-0.15, -0.1) is 0 Å². The van der Waals surface area contributed by atoms with E-state index in [1.165, 1.54) is 57.4 Å². The maximum absolute atomic E-state index is 11.7. The van der Waals surface area contributed by atoms with Crippen LogP contribution < -0.4 is 0 Å². The minimum atomic E-state index is 0.0984. The molecule has 0 aliphatic heterocycles. The molecule has 1 nitrogen and oxygen atoms in total. The molecular weight excluding hydrogens is 424 g/mol. The van der Waals surface area contributed by atoms with Crippen molar-refractivity contribution in [3.05, 3.63) is 111 Å². The maximum Gasteiger partial charge on any atom is 0.160 e. The van der Waals surface area contributed by atoms with Crippen LogP contribution in [0.4, 0.5) is 0 Å². The van der Waals surface area contributed by atoms with Crippen LogP contribution in [-0.2, 0) is 22.0 Å². The highest BCUT2D eigenvalue weighted by Crippen LogP contribution is 2.47. The monoisotopic (exact) mass is 466 g/mol. The van der Waals surface area contributed by atoms with Crippen LogP contribution in [0.3, 0.4) is 0 Å². The highest BCUT2D eigenvalue weighted by molar-refractivity contribution is 6.00. The Hall–Kier alpha value is -2.93. The molecule has 0 radical (unpaired) electrons. The zero-order chi connectivity index (χ0) is 26.1. The number of rotatable bonds is 4. The number of hydrogen-bond acceptors (Lipinski definition) is 1. The smallest absolute Gasteiger partial charge is 0.160 e. The van der Waals surface area contributed by atoms with Gasteiger partial charge in [0.15, 0.2) is 5.78 Å². The van der Waals surface area contributed by atoms with Gasteiger partial charge in [0.05, 0.1) is 0 Å². The van der Waals surface area contributed by atoms with Gasteiger partial charge in [-0.3, -0.25) is 4.79 Å². The lowest BCUT2D eigenvalue weighted by molar-refractivity contribution is -0.113. The van der Waals surface area contributed by atoms with E-state index in [-0.39, 0.29) is 16.6 Å². The number of hydrogen-bond donors (Lipinski definition) is 0. The molecule has 0 N–H and O–H groups in total. The van der Waals surface area contributed by atoms with Crippen molar-refractivity contribution in [2.45, 2.75) is 85.5 Å². The molecular formula is C34H42O. The van der Waals surface area contributed by atoms with Gasteiger partial charge in [-0.2, -0.15) is 0 Å². The molecule has 0 fully saturated rings. The molecule has 0 spiro atoms. The van der Waals surface area contributed by atoms with Crippen molar-refractivity contribution in [3.8, 4) is 0 Å². The summed E-state index contributed by atoms with van der Waals surface area (Å²) in [6, 6.07) is 11.2. The fourth-order valence-corrected chi connectivity index (χ4v) is 5.34. The summed E-state index contributed by atoms with van der Waals surface area (Å²) in [5.74, 6) is 0.0984. The molecule has 2 aromatic rings. The quantitative estimate of drug-likeness (QED) is 0.440. The Bertz CT molecular complexity index is 1220. The standard InChI is InChI=1S/C24H30O.C10H12/c1-15-12-21-22(24(6,7)11-10-23(21,4)5)14-19(15)13-18-8-9-20(16(18)2)17(3)25;1-4-10-6-8(2)5-9(3)7-10/h8-9,12,14H,2,10-11,13H2,1,3-7H3;4-7H,1H2,2-3H3. The van der Waals surface area contributed by atoms with Crippen LogP contribution in [0, 0.1) is 20.8 Å². The van der Waals surface area contributed by atoms with Crippen molar-refractivity contribution in [1.29, 1.82) is 0 Å². The van der Waals surface area contributed by atoms with Gasteiger partial charge in [-0.25, -0.2) is 0 Å². The van der Waals surface area contributed by atoms with Gasteiger partial charge >= 0.3 is 0 Å². The number of allylic oxidation sites excluding steroid dienone is 5. The van der Waals surface area contributed by atoms with E-state index in [1.54, 1.807) is 6.92 Å². The topological polar surface area (TPSA) is 17.1 Å². The molecule has 0 unspecified atom stereocenters. The minimum Gasteiger partial charge on any atom is -0.294 e. The Labute approximate surface area is 213 Å². The van der Waals surface area contributed by atoms with Crippen LogP contribution in [0.5, 0.6) is 0 Å². The van der Waals surface area contributed by atoms with Crippen molar-refractivity contribution in [3.63, 3.8) is 0 Å². The molecule has 0 saturated heterocycles. The van der Waals surface area contributed by atoms with Crippen molar-refractivity contribution in [2.24, 2.45) is 0 Å². The number of aryl methyl sites for hydroxylation is 3. The van der Waals surface area contributed by atoms with Crippen LogP contribution >= 0.6 is 0 Å². The Morgan fingerprint density at radius 1 is 0.886 bits per heavy atom. The Kier molecular flexibility index (Phi) is 7.60. The summed E-state index contributed by atoms with van der Waals surface area (Å²) < 4.78 is 0. The third-order valence-electron chi connectivity index (χ3n) is 7.71. The molecule has 0 heterocycles. The fraction of sp³-hybridized carbons (Fsp3) is 0.382. The number of carbonyl (C=O) groups is 1. The first-order chi connectivity index (χ1) is 16.2. The van der Waals surface area contributed by atoms with Crippen LogP contribution in [-0.4, -0.2) is 5.78 Å². The lowest BCUT2D eigenvalue weighted by atomic mass is 9.62. The van der Waals surface area contributed by atoms with Crippen LogP contribution in [0.1, 0.15) is 86.4 Å². The van der Waals surface area contributed by atoms with Gasteiger partial charge in [-0.05, 0) is 96.8 Å². The second-order valence-corrected chi connectivity index (χ2v) is 11.7. The van der Waals surface area contributed by atoms with Crippen molar-refractivity contribution >= 4 is 11.9 Å². The summed E-state index contributed by atoms with van der Waals surface area (Å²) >= 11 is 0. The molecule has 2 aliphatic carbocycles. The molecule has 2 aromatic carbocycles. The van der Waals surface area contributed by atoms with Crippen LogP contribution in [0.25, 0.3) is 6.08 Å². The Morgan fingerprint density at radius 2 is 1.43 bits per heavy atom. The predicted octanol–water partition coefficient (Wildman–Crippen LogP) is 8.84. The van der Waals surface area contributed by atoms with Crippen molar-refractivity contribution in [1.82, 2.24) is 0 Å². The molecule has 1 heteroatoms. The molecule has 184 valence electrons. The summed E-state index contributed by atoms with van der Waals surface area (Å²) in [6.45, 7) is 25.3. The van der Waals surface area contributed by atoms with E-state index < -0.39 is 0 Å². The molecule has 2 aliphatic rings. The highest BCUT2D eigenvalue weighted by atomic mass is 16.1. The van der Waals surface area contributed by atoms with Crippen LogP contribution in [0.15, 0.2) is 72.4 Å². The summed E-state index contributed by atoms with van der Waals surface area (Å²) in [5, 5.41) is 0. The average Bonchev–Trinajstić information content (AvgIpc) is 3.12. The minimum absolute atomic E-state index is 0.0984. The summed E-state index contributed by atoms with van der Waals surface area (Å²) in [6.07, 6.45) is 9.16. The van der Waals surface area contributed by atoms with Crippen molar-refractivity contribution in [2.75, 3.05) is 0 Å². The third kappa shape index (κ3) is 5.84. The number of carbonyl (C=O) groups excluding carboxylic acids is 1. The van der Waals surface area contributed by atoms with Gasteiger partial charge in [0.1, 0.15) is 0 Å². The molecule has 0 aromatic heterocycles. The zero-order valence-corrected chi connectivity index (χ0v) is 23.1. The fourth-order valence-electron chi connectivity index (χ4n) is 5.34. The molecule has 0 amide bonds. The van der Waals surface area contributed by atoms with Crippen molar-refractivity contribution < 1.29 is 4.79 Å². The molecule has 35 heavy (non-hydrogen) atoms. The summed E-state index contributed by atoms with van der Waals surface area (Å²) in [4.78, 5) is 11.7. The van der Waals surface area contributed by atoms with Gasteiger partial charge < -0.3 is 0 Å². The number of ketones is 1. The first kappa shape index (κ1) is 26.7. The van der Waals surface area contributed by atoms with Gasteiger partial charge in [0.2, 0.25) is 0 Å². The van der Waals surface area contributed by atoms with E-state index >= 15 is 0 Å². The Balaban J connectivity index is 0.000000287. The van der Waals surface area contributed by atoms with E-state index in [0.717, 1.165) is 17.6 Å². The Morgan fingerprint density at radius 3 is 1.91 bits per heavy atom. The first-order valence-corrected chi connectivity index (χ1v) is 12.7. The second kappa shape index (κ2) is 9.97. The molecule has 4 rings (SSSR count). The maximum atomic E-state index is 11.7. The lowest BCUT2D eigenvalue weighted by Gasteiger charge is -2.42. The number of benzene rings is 2. The summed E-state index contributed by atoms with van der Waals surface area (Å²) in [5.41, 5.74) is 12.8. The molecule has 0 bridgehead atoms. The predicted molar refractivity (Wildman–Crippen MR) is 152 cm³/mol. The van der Waals surface area contributed by atoms with E-state index in [0.29, 0.717) is 0 Å². The highest BCUT2D eigenvalue weighted by Gasteiger charge is 2.37. The van der Waals surface area contributed by atoms with E-state index in [4.69, 9.17) is 0 Å². The largest absolute Gasteiger partial charge is 0.294 e. The van der Waals surface area contributed by atoms with Gasteiger partial charge in [0, 0.05) is 5.57 Å². The van der Waals surface area contributed by atoms with E-state index in [1.807, 2.05) is 12.2 Å². The van der Waals surface area contributed by atoms with E-state index in [9.17, 15) is 4.79 Å². The number of Topliss-reactive ketones (excluding diaryl/α,β-unsaturated/α-hetero) is 1. The second-order valence-electron chi connectivity index (χ2n) is 11.7. The number of fused-ring (bicyclic) bond motifs is 1. The van der Waals surface area contributed by atoms with Crippen LogP contribution in [0.2, 0.25) is 0 Å². The lowest BCUT2D eigenvalue weighted by Crippen LogP contribution is -2.34. The summed E-state index contributed by atoms with van der Waals surface area (Å²) in [7, 11) is 0. The first-order valence-electron chi connectivity index (χ1n) is 12.7. The molecule has 0 saturated carbocycles. The third-order valence-corrected chi connectivity index (χ3v) is 7.71. The molecule has 0 atom stereocenters. The average molecular weight is 467 g/mol. The van der Waals surface area contributed by atoms with E-state index in [2.05, 4.69) is 98.0 Å². The SMILES string of the molecule is C=C1C(Cc2cc3c(cc2C)C(C)(C)CCC3(C)C)=CC=C1C(C)=O.C=Cc1cc(C)cc(C)c1. The zero-order valence-electron chi connectivity index (χ0n) is 23.1. The van der Waals surface area contributed by atoms with Gasteiger partial charge in [-0.1, -0.05) is 101 Å².